The number of nitrogens with one attached hydrogen (secondary N) is 1. The number of esters is 1. The lowest BCUT2D eigenvalue weighted by molar-refractivity contribution is -0.384. The second-order valence-electron chi connectivity index (χ2n) is 6.11. The molecule has 1 N–H and O–H groups in total. The van der Waals surface area contributed by atoms with E-state index in [4.69, 9.17) is 4.74 Å². The maximum atomic E-state index is 12.1. The quantitative estimate of drug-likeness (QED) is 0.460. The summed E-state index contributed by atoms with van der Waals surface area (Å²) in [5.41, 5.74) is 0.444. The van der Waals surface area contributed by atoms with Crippen molar-refractivity contribution < 1.29 is 19.2 Å². The average molecular weight is 349 g/mol. The minimum absolute atomic E-state index is 0.00738. The molecule has 0 bridgehead atoms. The van der Waals surface area contributed by atoms with Crippen LogP contribution in [0.3, 0.4) is 0 Å². The van der Waals surface area contributed by atoms with Crippen molar-refractivity contribution in [2.75, 3.05) is 24.6 Å². The fraction of sp³-hybridized carbons (Fsp3) is 0.529. The van der Waals surface area contributed by atoms with E-state index in [0.717, 1.165) is 32.4 Å². The molecular formula is C17H23N3O5. The molecule has 1 aromatic carbocycles. The second-order valence-corrected chi connectivity index (χ2v) is 6.11. The lowest BCUT2D eigenvalue weighted by Gasteiger charge is -2.17. The molecule has 136 valence electrons. The van der Waals surface area contributed by atoms with E-state index in [0.29, 0.717) is 5.69 Å². The summed E-state index contributed by atoms with van der Waals surface area (Å²) >= 11 is 0. The summed E-state index contributed by atoms with van der Waals surface area (Å²) in [6.07, 6.45) is 2.75. The summed E-state index contributed by atoms with van der Waals surface area (Å²) in [5, 5.41) is 14.0. The first-order chi connectivity index (χ1) is 11.9. The van der Waals surface area contributed by atoms with Gasteiger partial charge in [-0.25, -0.2) is 4.79 Å². The number of amides is 1. The molecule has 0 aromatic heterocycles. The van der Waals surface area contributed by atoms with Gasteiger partial charge in [0.05, 0.1) is 10.5 Å². The lowest BCUT2D eigenvalue weighted by atomic mass is 10.1. The van der Waals surface area contributed by atoms with E-state index in [1.807, 2.05) is 18.7 Å². The lowest BCUT2D eigenvalue weighted by Crippen LogP contribution is -2.35. The first-order valence-electron chi connectivity index (χ1n) is 8.42. The SMILES string of the molecule is CC[C@@H](C)NC(=O)COC(=O)c1ccc(N2CCCC2)c([N+](=O)[O-])c1. The van der Waals surface area contributed by atoms with Crippen molar-refractivity contribution in [2.45, 2.75) is 39.2 Å². The molecule has 0 aliphatic carbocycles. The average Bonchev–Trinajstić information content (AvgIpc) is 3.13. The van der Waals surface area contributed by atoms with Gasteiger partial charge in [0.25, 0.3) is 11.6 Å². The molecule has 1 saturated heterocycles. The van der Waals surface area contributed by atoms with Crippen LogP contribution in [0.25, 0.3) is 0 Å². The molecule has 2 rings (SSSR count). The molecule has 8 heteroatoms. The predicted octanol–water partition coefficient (Wildman–Crippen LogP) is 2.27. The third kappa shape index (κ3) is 4.91. The standard InChI is InChI=1S/C17H23N3O5/c1-3-12(2)18-16(21)11-25-17(22)13-6-7-14(15(10-13)20(23)24)19-8-4-5-9-19/h6-7,10,12H,3-5,8-9,11H2,1-2H3,(H,18,21)/t12-/m1/s1. The highest BCUT2D eigenvalue weighted by Gasteiger charge is 2.24. The van der Waals surface area contributed by atoms with Crippen LogP contribution in [0.4, 0.5) is 11.4 Å². The molecule has 1 atom stereocenters. The number of nitrogens with zero attached hydrogens (tertiary/aromatic N) is 2. The molecule has 0 radical (unpaired) electrons. The van der Waals surface area contributed by atoms with Gasteiger partial charge in [0.15, 0.2) is 6.61 Å². The topological polar surface area (TPSA) is 102 Å². The Morgan fingerprint density at radius 3 is 2.64 bits per heavy atom. The van der Waals surface area contributed by atoms with E-state index < -0.39 is 23.4 Å². The summed E-state index contributed by atoms with van der Waals surface area (Å²) < 4.78 is 4.95. The van der Waals surface area contributed by atoms with Crippen molar-refractivity contribution in [3.63, 3.8) is 0 Å². The molecular weight excluding hydrogens is 326 g/mol. The summed E-state index contributed by atoms with van der Waals surface area (Å²) in [7, 11) is 0. The van der Waals surface area contributed by atoms with E-state index in [1.165, 1.54) is 12.1 Å². The molecule has 0 unspecified atom stereocenters. The summed E-state index contributed by atoms with van der Waals surface area (Å²) in [6, 6.07) is 4.27. The van der Waals surface area contributed by atoms with Gasteiger partial charge in [-0.05, 0) is 38.3 Å². The van der Waals surface area contributed by atoms with Crippen LogP contribution in [-0.2, 0) is 9.53 Å². The van der Waals surface area contributed by atoms with Crippen LogP contribution >= 0.6 is 0 Å². The van der Waals surface area contributed by atoms with E-state index in [9.17, 15) is 19.7 Å². The van der Waals surface area contributed by atoms with Gasteiger partial charge in [0.2, 0.25) is 0 Å². The zero-order valence-electron chi connectivity index (χ0n) is 14.5. The number of hydrogen-bond donors (Lipinski definition) is 1. The van der Waals surface area contributed by atoms with Crippen molar-refractivity contribution in [2.24, 2.45) is 0 Å². The van der Waals surface area contributed by atoms with E-state index in [-0.39, 0.29) is 17.3 Å². The summed E-state index contributed by atoms with van der Waals surface area (Å²) in [4.78, 5) is 36.5. The summed E-state index contributed by atoms with van der Waals surface area (Å²) in [5.74, 6) is -1.15. The number of anilines is 1. The van der Waals surface area contributed by atoms with Gasteiger partial charge in [0.1, 0.15) is 5.69 Å². The number of rotatable bonds is 7. The van der Waals surface area contributed by atoms with Gasteiger partial charge in [0, 0.05) is 25.2 Å². The Morgan fingerprint density at radius 2 is 2.04 bits per heavy atom. The van der Waals surface area contributed by atoms with E-state index in [1.54, 1.807) is 6.07 Å². The zero-order chi connectivity index (χ0) is 18.4. The minimum atomic E-state index is -0.754. The normalized spacial score (nSPS) is 14.9. The molecule has 1 amide bonds. The van der Waals surface area contributed by atoms with Crippen LogP contribution in [0.5, 0.6) is 0 Å². The number of ether oxygens (including phenoxy) is 1. The van der Waals surface area contributed by atoms with Crippen molar-refractivity contribution in [3.05, 3.63) is 33.9 Å². The molecule has 8 nitrogen and oxygen atoms in total. The maximum Gasteiger partial charge on any atom is 0.338 e. The van der Waals surface area contributed by atoms with Gasteiger partial charge >= 0.3 is 5.97 Å². The van der Waals surface area contributed by atoms with Gasteiger partial charge in [-0.15, -0.1) is 0 Å². The smallest absolute Gasteiger partial charge is 0.338 e. The van der Waals surface area contributed by atoms with Crippen LogP contribution in [0.1, 0.15) is 43.5 Å². The number of hydrogen-bond acceptors (Lipinski definition) is 6. The zero-order valence-corrected chi connectivity index (χ0v) is 14.5. The molecule has 1 fully saturated rings. The van der Waals surface area contributed by atoms with Gasteiger partial charge < -0.3 is 15.0 Å². The largest absolute Gasteiger partial charge is 0.452 e. The maximum absolute atomic E-state index is 12.1. The Balaban J connectivity index is 2.06. The highest BCUT2D eigenvalue weighted by Crippen LogP contribution is 2.31. The Bertz CT molecular complexity index is 656. The van der Waals surface area contributed by atoms with Crippen molar-refractivity contribution >= 4 is 23.3 Å². The fourth-order valence-electron chi connectivity index (χ4n) is 2.66. The number of nitro groups is 1. The Labute approximate surface area is 146 Å². The predicted molar refractivity (Wildman–Crippen MR) is 92.7 cm³/mol. The first-order valence-corrected chi connectivity index (χ1v) is 8.42. The van der Waals surface area contributed by atoms with Crippen molar-refractivity contribution in [1.82, 2.24) is 5.32 Å². The monoisotopic (exact) mass is 349 g/mol. The van der Waals surface area contributed by atoms with Gasteiger partial charge in [-0.1, -0.05) is 6.92 Å². The van der Waals surface area contributed by atoms with E-state index in [2.05, 4.69) is 5.32 Å². The third-order valence-corrected chi connectivity index (χ3v) is 4.21. The third-order valence-electron chi connectivity index (χ3n) is 4.21. The Morgan fingerprint density at radius 1 is 1.36 bits per heavy atom. The van der Waals surface area contributed by atoms with Crippen molar-refractivity contribution in [3.8, 4) is 0 Å². The summed E-state index contributed by atoms with van der Waals surface area (Å²) in [6.45, 7) is 4.89. The Hall–Kier alpha value is -2.64. The molecule has 1 aliphatic heterocycles. The number of nitro benzene ring substituents is 1. The van der Waals surface area contributed by atoms with Crippen LogP contribution < -0.4 is 10.2 Å². The molecule has 1 aromatic rings. The van der Waals surface area contributed by atoms with Crippen LogP contribution in [-0.4, -0.2) is 42.5 Å². The molecule has 25 heavy (non-hydrogen) atoms. The molecule has 1 aliphatic rings. The first kappa shape index (κ1) is 18.7. The van der Waals surface area contributed by atoms with Crippen LogP contribution in [0.15, 0.2) is 18.2 Å². The van der Waals surface area contributed by atoms with E-state index >= 15 is 0 Å². The Kier molecular flexibility index (Phi) is 6.32. The van der Waals surface area contributed by atoms with Crippen LogP contribution in [0.2, 0.25) is 0 Å². The molecule has 1 heterocycles. The van der Waals surface area contributed by atoms with Gasteiger partial charge in [-0.3, -0.25) is 14.9 Å². The fourth-order valence-corrected chi connectivity index (χ4v) is 2.66. The number of carbonyl (C=O) groups excluding carboxylic acids is 2. The molecule has 0 spiro atoms. The van der Waals surface area contributed by atoms with Crippen LogP contribution in [0, 0.1) is 10.1 Å². The number of benzene rings is 1. The highest BCUT2D eigenvalue weighted by molar-refractivity contribution is 5.93. The molecule has 0 saturated carbocycles. The number of carbonyl (C=O) groups is 2. The van der Waals surface area contributed by atoms with Crippen molar-refractivity contribution in [1.29, 1.82) is 0 Å². The second kappa shape index (κ2) is 8.46. The highest BCUT2D eigenvalue weighted by atomic mass is 16.6. The minimum Gasteiger partial charge on any atom is -0.452 e. The van der Waals surface area contributed by atoms with Gasteiger partial charge in [-0.2, -0.15) is 0 Å².